The Hall–Kier alpha value is -1.81. The zero-order valence-corrected chi connectivity index (χ0v) is 18.5. The van der Waals surface area contributed by atoms with Crippen LogP contribution in [0.25, 0.3) is 0 Å². The van der Waals surface area contributed by atoms with Gasteiger partial charge in [0.25, 0.3) is 0 Å². The minimum absolute atomic E-state index is 0.102. The van der Waals surface area contributed by atoms with Gasteiger partial charge < -0.3 is 5.32 Å². The molecular weight excluding hydrogens is 419 g/mol. The fraction of sp³-hybridized carbons (Fsp3) is 0.650. The van der Waals surface area contributed by atoms with Crippen LogP contribution in [0.4, 0.5) is 23.7 Å². The monoisotopic (exact) mass is 449 g/mol. The average molecular weight is 450 g/mol. The van der Waals surface area contributed by atoms with Crippen LogP contribution in [0.3, 0.4) is 0 Å². The van der Waals surface area contributed by atoms with Gasteiger partial charge in [0.15, 0.2) is 0 Å². The molecular formula is C20H30F3N3O3S. The summed E-state index contributed by atoms with van der Waals surface area (Å²) in [6.07, 6.45) is -3.88. The Morgan fingerprint density at radius 1 is 1.17 bits per heavy atom. The topological polar surface area (TPSA) is 78.5 Å². The number of piperidine rings is 1. The number of alkyl halides is 3. The first kappa shape index (κ1) is 24.5. The molecule has 1 aliphatic heterocycles. The van der Waals surface area contributed by atoms with Crippen LogP contribution >= 0.6 is 0 Å². The molecule has 1 fully saturated rings. The molecule has 1 aliphatic rings. The van der Waals surface area contributed by atoms with Gasteiger partial charge in [-0.3, -0.25) is 4.90 Å². The van der Waals surface area contributed by atoms with Gasteiger partial charge in [-0.15, -0.1) is 0 Å². The number of nitrogens with zero attached hydrogens (tertiary/aromatic N) is 1. The van der Waals surface area contributed by atoms with Crippen molar-refractivity contribution in [1.82, 2.24) is 9.62 Å². The fourth-order valence-electron chi connectivity index (χ4n) is 3.71. The molecule has 2 N–H and O–H groups in total. The first-order valence-electron chi connectivity index (χ1n) is 10.0. The van der Waals surface area contributed by atoms with E-state index < -0.39 is 34.0 Å². The normalized spacial score (nSPS) is 18.6. The highest BCUT2D eigenvalue weighted by Crippen LogP contribution is 2.32. The Balaban J connectivity index is 2.14. The molecule has 1 aromatic carbocycles. The largest absolute Gasteiger partial charge is 0.401 e. The maximum Gasteiger partial charge on any atom is 0.401 e. The Bertz CT molecular complexity index is 828. The molecule has 170 valence electrons. The number of hydrogen-bond acceptors (Lipinski definition) is 4. The number of sulfonamides is 1. The Morgan fingerprint density at radius 2 is 1.73 bits per heavy atom. The van der Waals surface area contributed by atoms with E-state index in [1.165, 1.54) is 0 Å². The van der Waals surface area contributed by atoms with E-state index in [2.05, 4.69) is 5.32 Å². The van der Waals surface area contributed by atoms with Crippen molar-refractivity contribution < 1.29 is 26.4 Å². The van der Waals surface area contributed by atoms with E-state index in [1.54, 1.807) is 0 Å². The van der Waals surface area contributed by atoms with E-state index >= 15 is 0 Å². The molecule has 0 saturated carbocycles. The summed E-state index contributed by atoms with van der Waals surface area (Å²) < 4.78 is 65.3. The molecule has 0 spiro atoms. The van der Waals surface area contributed by atoms with Crippen molar-refractivity contribution in [2.24, 2.45) is 0 Å². The standard InChI is InChI=1S/C20H30F3N3O3S/c1-13(2)16-8-5-9-17(14(3)4)18(16)24-19(27)25-30(28,29)15-7-6-10-26(11-15)12-20(21,22)23/h5,8-9,13-15H,6-7,10-12H2,1-4H3,(H2,24,25,27). The molecule has 1 atom stereocenters. The molecule has 1 heterocycles. The fourth-order valence-corrected chi connectivity index (χ4v) is 5.07. The number of para-hydroxylation sites is 1. The Labute approximate surface area is 176 Å². The van der Waals surface area contributed by atoms with Gasteiger partial charge in [0.1, 0.15) is 0 Å². The van der Waals surface area contributed by atoms with Crippen LogP contribution in [0, 0.1) is 0 Å². The van der Waals surface area contributed by atoms with Gasteiger partial charge in [-0.25, -0.2) is 17.9 Å². The second kappa shape index (κ2) is 9.55. The van der Waals surface area contributed by atoms with Gasteiger partial charge in [0, 0.05) is 12.2 Å². The van der Waals surface area contributed by atoms with Gasteiger partial charge in [0.2, 0.25) is 10.0 Å². The predicted octanol–water partition coefficient (Wildman–Crippen LogP) is 4.41. The molecule has 2 amide bonds. The van der Waals surface area contributed by atoms with Crippen molar-refractivity contribution >= 4 is 21.7 Å². The lowest BCUT2D eigenvalue weighted by atomic mass is 9.93. The van der Waals surface area contributed by atoms with Gasteiger partial charge in [-0.2, -0.15) is 13.2 Å². The number of halogens is 3. The second-order valence-electron chi connectivity index (χ2n) is 8.34. The number of hydrogen-bond donors (Lipinski definition) is 2. The molecule has 0 radical (unpaired) electrons. The smallest absolute Gasteiger partial charge is 0.307 e. The molecule has 30 heavy (non-hydrogen) atoms. The van der Waals surface area contributed by atoms with Crippen molar-refractivity contribution in [2.45, 2.75) is 63.8 Å². The van der Waals surface area contributed by atoms with Crippen molar-refractivity contribution in [3.8, 4) is 0 Å². The third-order valence-electron chi connectivity index (χ3n) is 5.15. The van der Waals surface area contributed by atoms with E-state index in [1.807, 2.05) is 50.6 Å². The molecule has 0 bridgehead atoms. The SMILES string of the molecule is CC(C)c1cccc(C(C)C)c1NC(=O)NS(=O)(=O)C1CCCN(CC(F)(F)F)C1. The third-order valence-corrected chi connectivity index (χ3v) is 6.88. The summed E-state index contributed by atoms with van der Waals surface area (Å²) in [5.41, 5.74) is 2.32. The minimum atomic E-state index is -4.40. The van der Waals surface area contributed by atoms with Crippen LogP contribution in [0.2, 0.25) is 0 Å². The summed E-state index contributed by atoms with van der Waals surface area (Å²) in [7, 11) is -4.13. The van der Waals surface area contributed by atoms with Crippen LogP contribution in [0.1, 0.15) is 63.5 Å². The number of urea groups is 1. The third kappa shape index (κ3) is 6.60. The van der Waals surface area contributed by atoms with E-state index in [-0.39, 0.29) is 31.3 Å². The van der Waals surface area contributed by atoms with E-state index in [0.29, 0.717) is 12.1 Å². The zero-order valence-electron chi connectivity index (χ0n) is 17.7. The summed E-state index contributed by atoms with van der Waals surface area (Å²) in [5.74, 6) is 0.203. The summed E-state index contributed by atoms with van der Waals surface area (Å²) >= 11 is 0. The molecule has 0 aromatic heterocycles. The van der Waals surface area contributed by atoms with Gasteiger partial charge in [-0.1, -0.05) is 45.9 Å². The van der Waals surface area contributed by atoms with Crippen molar-refractivity contribution in [3.05, 3.63) is 29.3 Å². The summed E-state index contributed by atoms with van der Waals surface area (Å²) in [6, 6.07) is 4.73. The zero-order chi connectivity index (χ0) is 22.7. The van der Waals surface area contributed by atoms with Crippen LogP contribution < -0.4 is 10.0 Å². The van der Waals surface area contributed by atoms with Crippen LogP contribution in [-0.4, -0.2) is 50.4 Å². The highest BCUT2D eigenvalue weighted by molar-refractivity contribution is 7.90. The average Bonchev–Trinajstić information content (AvgIpc) is 2.59. The Kier molecular flexibility index (Phi) is 7.79. The Morgan fingerprint density at radius 3 is 2.23 bits per heavy atom. The first-order valence-corrected chi connectivity index (χ1v) is 11.6. The number of nitrogens with one attached hydrogen (secondary N) is 2. The number of benzene rings is 1. The maximum atomic E-state index is 12.7. The highest BCUT2D eigenvalue weighted by Gasteiger charge is 2.37. The molecule has 1 aromatic rings. The molecule has 1 unspecified atom stereocenters. The number of amides is 2. The number of anilines is 1. The van der Waals surface area contributed by atoms with Gasteiger partial charge in [-0.05, 0) is 42.3 Å². The van der Waals surface area contributed by atoms with E-state index in [0.717, 1.165) is 16.0 Å². The molecule has 0 aliphatic carbocycles. The lowest BCUT2D eigenvalue weighted by Gasteiger charge is -2.32. The molecule has 6 nitrogen and oxygen atoms in total. The van der Waals surface area contributed by atoms with Crippen molar-refractivity contribution in [2.75, 3.05) is 25.0 Å². The maximum absolute atomic E-state index is 12.7. The quantitative estimate of drug-likeness (QED) is 0.674. The summed E-state index contributed by atoms with van der Waals surface area (Å²) in [5, 5.41) is 1.58. The number of carbonyl (C=O) groups is 1. The summed E-state index contributed by atoms with van der Waals surface area (Å²) in [6.45, 7) is 6.63. The number of rotatable bonds is 6. The molecule has 1 saturated heterocycles. The highest BCUT2D eigenvalue weighted by atomic mass is 32.2. The van der Waals surface area contributed by atoms with Crippen LogP contribution in [0.15, 0.2) is 18.2 Å². The second-order valence-corrected chi connectivity index (χ2v) is 10.3. The van der Waals surface area contributed by atoms with Gasteiger partial charge >= 0.3 is 12.2 Å². The van der Waals surface area contributed by atoms with E-state index in [9.17, 15) is 26.4 Å². The van der Waals surface area contributed by atoms with Crippen LogP contribution in [-0.2, 0) is 10.0 Å². The van der Waals surface area contributed by atoms with E-state index in [4.69, 9.17) is 0 Å². The van der Waals surface area contributed by atoms with Gasteiger partial charge in [0.05, 0.1) is 11.8 Å². The molecule has 10 heteroatoms. The van der Waals surface area contributed by atoms with Crippen LogP contribution in [0.5, 0.6) is 0 Å². The number of carbonyl (C=O) groups excluding carboxylic acids is 1. The lowest BCUT2D eigenvalue weighted by Crippen LogP contribution is -2.50. The minimum Gasteiger partial charge on any atom is -0.307 e. The van der Waals surface area contributed by atoms with Crippen molar-refractivity contribution in [3.63, 3.8) is 0 Å². The number of likely N-dealkylation sites (tertiary alicyclic amines) is 1. The summed E-state index contributed by atoms with van der Waals surface area (Å²) in [4.78, 5) is 13.6. The first-order chi connectivity index (χ1) is 13.8. The molecule has 2 rings (SSSR count). The predicted molar refractivity (Wildman–Crippen MR) is 111 cm³/mol. The van der Waals surface area contributed by atoms with Crippen molar-refractivity contribution in [1.29, 1.82) is 0 Å². The lowest BCUT2D eigenvalue weighted by molar-refractivity contribution is -0.147.